The Morgan fingerprint density at radius 3 is 2.65 bits per heavy atom. The van der Waals surface area contributed by atoms with Crippen LogP contribution in [-0.4, -0.2) is 48.1 Å². The van der Waals surface area contributed by atoms with E-state index in [-0.39, 0.29) is 24.8 Å². The molecular formula is C17H21N3O3. The highest BCUT2D eigenvalue weighted by molar-refractivity contribution is 6.17. The molecule has 0 unspecified atom stereocenters. The van der Waals surface area contributed by atoms with Crippen molar-refractivity contribution in [3.8, 4) is 0 Å². The largest absolute Gasteiger partial charge is 0.395 e. The average Bonchev–Trinajstić information content (AvgIpc) is 3.14. The molecule has 0 radical (unpaired) electrons. The number of benzene rings is 1. The minimum atomic E-state index is -0.393. The second-order valence-corrected chi connectivity index (χ2v) is 5.85. The van der Waals surface area contributed by atoms with E-state index in [0.29, 0.717) is 0 Å². The lowest BCUT2D eigenvalue weighted by Crippen LogP contribution is -2.34. The van der Waals surface area contributed by atoms with Gasteiger partial charge in [-0.2, -0.15) is 0 Å². The summed E-state index contributed by atoms with van der Waals surface area (Å²) in [6, 6.07) is 5.94. The van der Waals surface area contributed by atoms with Crippen LogP contribution in [0.5, 0.6) is 0 Å². The molecule has 0 saturated carbocycles. The molecule has 6 nitrogen and oxygen atoms in total. The van der Waals surface area contributed by atoms with Gasteiger partial charge in [0.2, 0.25) is 0 Å². The standard InChI is InChI=1S/C17H21N3O3/c1-12-13(5-4-6-15(12)19-7-2-3-8-19)18-14-11-16(22)20(9-10-21)17(14)23/h4-6,11,18,21H,2-3,7-10H2,1H3. The fourth-order valence-electron chi connectivity index (χ4n) is 3.11. The summed E-state index contributed by atoms with van der Waals surface area (Å²) in [5.41, 5.74) is 3.31. The van der Waals surface area contributed by atoms with E-state index in [4.69, 9.17) is 5.11 Å². The Hall–Kier alpha value is -2.34. The Bertz CT molecular complexity index is 663. The Morgan fingerprint density at radius 2 is 1.96 bits per heavy atom. The van der Waals surface area contributed by atoms with Gasteiger partial charge in [-0.1, -0.05) is 6.07 Å². The third kappa shape index (κ3) is 2.94. The molecule has 122 valence electrons. The zero-order valence-electron chi connectivity index (χ0n) is 13.2. The van der Waals surface area contributed by atoms with Gasteiger partial charge in [0.15, 0.2) is 0 Å². The van der Waals surface area contributed by atoms with Crippen LogP contribution in [-0.2, 0) is 9.59 Å². The number of anilines is 2. The second-order valence-electron chi connectivity index (χ2n) is 5.85. The molecule has 0 aromatic heterocycles. The number of amides is 2. The van der Waals surface area contributed by atoms with Crippen molar-refractivity contribution in [3.63, 3.8) is 0 Å². The summed E-state index contributed by atoms with van der Waals surface area (Å²) in [6.07, 6.45) is 3.69. The maximum absolute atomic E-state index is 12.2. The van der Waals surface area contributed by atoms with Crippen LogP contribution in [0.3, 0.4) is 0 Å². The van der Waals surface area contributed by atoms with Gasteiger partial charge in [0.1, 0.15) is 5.70 Å². The molecule has 6 heteroatoms. The number of hydrogen-bond acceptors (Lipinski definition) is 5. The van der Waals surface area contributed by atoms with Crippen molar-refractivity contribution in [3.05, 3.63) is 35.5 Å². The highest BCUT2D eigenvalue weighted by atomic mass is 16.3. The van der Waals surface area contributed by atoms with Crippen LogP contribution >= 0.6 is 0 Å². The number of carbonyl (C=O) groups excluding carboxylic acids is 2. The molecule has 3 rings (SSSR count). The molecule has 2 aliphatic rings. The van der Waals surface area contributed by atoms with Crippen LogP contribution in [0.25, 0.3) is 0 Å². The minimum absolute atomic E-state index is 0.0200. The van der Waals surface area contributed by atoms with Crippen molar-refractivity contribution in [2.75, 3.05) is 36.5 Å². The van der Waals surface area contributed by atoms with E-state index in [1.165, 1.54) is 18.9 Å². The first-order valence-electron chi connectivity index (χ1n) is 7.92. The van der Waals surface area contributed by atoms with Gasteiger partial charge >= 0.3 is 0 Å². The van der Waals surface area contributed by atoms with Gasteiger partial charge in [-0.25, -0.2) is 0 Å². The third-order valence-corrected chi connectivity index (χ3v) is 4.35. The van der Waals surface area contributed by atoms with Gasteiger partial charge in [0.05, 0.1) is 13.2 Å². The normalized spacial score (nSPS) is 17.9. The monoisotopic (exact) mass is 315 g/mol. The van der Waals surface area contributed by atoms with Crippen LogP contribution < -0.4 is 10.2 Å². The molecule has 23 heavy (non-hydrogen) atoms. The van der Waals surface area contributed by atoms with Gasteiger partial charge in [0, 0.05) is 30.5 Å². The van der Waals surface area contributed by atoms with Crippen molar-refractivity contribution in [1.29, 1.82) is 0 Å². The number of imide groups is 1. The van der Waals surface area contributed by atoms with E-state index < -0.39 is 5.91 Å². The molecule has 1 aromatic rings. The number of β-amino-alcohol motifs (C(OH)–C–C–N with tert-alkyl or cyclic N) is 1. The molecule has 2 heterocycles. The lowest BCUT2D eigenvalue weighted by atomic mass is 10.1. The summed E-state index contributed by atoms with van der Waals surface area (Å²) in [4.78, 5) is 27.4. The molecule has 0 aliphatic carbocycles. The lowest BCUT2D eigenvalue weighted by Gasteiger charge is -2.22. The molecule has 0 spiro atoms. The molecular weight excluding hydrogens is 294 g/mol. The molecule has 0 atom stereocenters. The zero-order valence-corrected chi connectivity index (χ0v) is 13.2. The summed E-state index contributed by atoms with van der Waals surface area (Å²) in [6.45, 7) is 3.90. The Morgan fingerprint density at radius 1 is 1.22 bits per heavy atom. The number of hydrogen-bond donors (Lipinski definition) is 2. The van der Waals surface area contributed by atoms with Gasteiger partial charge in [0.25, 0.3) is 11.8 Å². The fraction of sp³-hybridized carbons (Fsp3) is 0.412. The summed E-state index contributed by atoms with van der Waals surface area (Å²) < 4.78 is 0. The van der Waals surface area contributed by atoms with Crippen molar-refractivity contribution in [2.24, 2.45) is 0 Å². The summed E-state index contributed by atoms with van der Waals surface area (Å²) in [5, 5.41) is 12.0. The first kappa shape index (κ1) is 15.6. The molecule has 0 bridgehead atoms. The Labute approximate surface area is 135 Å². The fourth-order valence-corrected chi connectivity index (χ4v) is 3.11. The minimum Gasteiger partial charge on any atom is -0.395 e. The Balaban J connectivity index is 1.81. The van der Waals surface area contributed by atoms with Crippen molar-refractivity contribution in [2.45, 2.75) is 19.8 Å². The summed E-state index contributed by atoms with van der Waals surface area (Å²) in [5.74, 6) is -0.782. The van der Waals surface area contributed by atoms with E-state index in [0.717, 1.165) is 34.9 Å². The number of nitrogens with one attached hydrogen (secondary N) is 1. The van der Waals surface area contributed by atoms with E-state index in [2.05, 4.69) is 16.3 Å². The van der Waals surface area contributed by atoms with Crippen molar-refractivity contribution in [1.82, 2.24) is 4.90 Å². The maximum atomic E-state index is 12.2. The van der Waals surface area contributed by atoms with Gasteiger partial charge in [-0.05, 0) is 37.5 Å². The van der Waals surface area contributed by atoms with Crippen LogP contribution in [0, 0.1) is 6.92 Å². The molecule has 1 fully saturated rings. The number of nitrogens with zero attached hydrogens (tertiary/aromatic N) is 2. The van der Waals surface area contributed by atoms with Crippen LogP contribution in [0.4, 0.5) is 11.4 Å². The van der Waals surface area contributed by atoms with Crippen molar-refractivity contribution >= 4 is 23.2 Å². The number of aliphatic hydroxyl groups excluding tert-OH is 1. The summed E-state index contributed by atoms with van der Waals surface area (Å²) in [7, 11) is 0. The van der Waals surface area contributed by atoms with E-state index in [1.54, 1.807) is 0 Å². The maximum Gasteiger partial charge on any atom is 0.277 e. The van der Waals surface area contributed by atoms with E-state index >= 15 is 0 Å². The highest BCUT2D eigenvalue weighted by Gasteiger charge is 2.31. The van der Waals surface area contributed by atoms with Gasteiger partial charge in [-0.15, -0.1) is 0 Å². The molecule has 1 saturated heterocycles. The van der Waals surface area contributed by atoms with E-state index in [9.17, 15) is 9.59 Å². The predicted octanol–water partition coefficient (Wildman–Crippen LogP) is 1.25. The Kier molecular flexibility index (Phi) is 4.34. The van der Waals surface area contributed by atoms with Crippen LogP contribution in [0.1, 0.15) is 18.4 Å². The topological polar surface area (TPSA) is 72.9 Å². The van der Waals surface area contributed by atoms with Crippen LogP contribution in [0.2, 0.25) is 0 Å². The highest BCUT2D eigenvalue weighted by Crippen LogP contribution is 2.30. The second kappa shape index (κ2) is 6.42. The van der Waals surface area contributed by atoms with Crippen LogP contribution in [0.15, 0.2) is 30.0 Å². The SMILES string of the molecule is Cc1c(NC2=CC(=O)N(CCO)C2=O)cccc1N1CCCC1. The average molecular weight is 315 g/mol. The van der Waals surface area contributed by atoms with Crippen molar-refractivity contribution < 1.29 is 14.7 Å². The molecule has 2 aliphatic heterocycles. The molecule has 2 amide bonds. The van der Waals surface area contributed by atoms with E-state index in [1.807, 2.05) is 19.1 Å². The number of rotatable bonds is 5. The lowest BCUT2D eigenvalue weighted by molar-refractivity contribution is -0.137. The number of carbonyl (C=O) groups is 2. The zero-order chi connectivity index (χ0) is 16.4. The third-order valence-electron chi connectivity index (χ3n) is 4.35. The molecule has 2 N–H and O–H groups in total. The predicted molar refractivity (Wildman–Crippen MR) is 88.1 cm³/mol. The first-order chi connectivity index (χ1) is 11.1. The smallest absolute Gasteiger partial charge is 0.277 e. The number of aliphatic hydroxyl groups is 1. The van der Waals surface area contributed by atoms with Gasteiger partial charge < -0.3 is 15.3 Å². The first-order valence-corrected chi connectivity index (χ1v) is 7.92. The molecule has 1 aromatic carbocycles. The summed E-state index contributed by atoms with van der Waals surface area (Å²) >= 11 is 0. The van der Waals surface area contributed by atoms with Gasteiger partial charge in [-0.3, -0.25) is 14.5 Å². The quantitative estimate of drug-likeness (QED) is 0.800.